The molecule has 0 aliphatic carbocycles. The van der Waals surface area contributed by atoms with Crippen molar-refractivity contribution in [1.82, 2.24) is 15.2 Å². The van der Waals surface area contributed by atoms with Gasteiger partial charge in [-0.1, -0.05) is 6.07 Å². The molecule has 0 radical (unpaired) electrons. The number of amides is 1. The van der Waals surface area contributed by atoms with Gasteiger partial charge in [0.25, 0.3) is 5.91 Å². The molecule has 2 N–H and O–H groups in total. The zero-order valence-corrected chi connectivity index (χ0v) is 14.2. The number of halogens is 2. The van der Waals surface area contributed by atoms with Crippen molar-refractivity contribution in [3.63, 3.8) is 0 Å². The Kier molecular flexibility index (Phi) is 6.08. The van der Waals surface area contributed by atoms with Gasteiger partial charge in [-0.25, -0.2) is 13.8 Å². The van der Waals surface area contributed by atoms with Gasteiger partial charge in [0.1, 0.15) is 23.0 Å². The average Bonchev–Trinajstić information content (AvgIpc) is 2.66. The summed E-state index contributed by atoms with van der Waals surface area (Å²) in [5.41, 5.74) is 0.377. The van der Waals surface area contributed by atoms with Crippen molar-refractivity contribution >= 4 is 17.3 Å². The first-order valence-electron chi connectivity index (χ1n) is 8.39. The predicted octanol–water partition coefficient (Wildman–Crippen LogP) is 2.17. The maximum absolute atomic E-state index is 13.6. The minimum absolute atomic E-state index is 0.242. The van der Waals surface area contributed by atoms with Crippen molar-refractivity contribution in [1.29, 1.82) is 0 Å². The fourth-order valence-corrected chi connectivity index (χ4v) is 2.61. The first kappa shape index (κ1) is 18.2. The molecule has 1 amide bonds. The van der Waals surface area contributed by atoms with Gasteiger partial charge in [0.2, 0.25) is 0 Å². The molecule has 138 valence electrons. The molecule has 1 aliphatic heterocycles. The molecule has 2 aromatic rings. The summed E-state index contributed by atoms with van der Waals surface area (Å²) in [6.07, 6.45) is 1.36. The van der Waals surface area contributed by atoms with Crippen LogP contribution in [0.3, 0.4) is 0 Å². The smallest absolute Gasteiger partial charge is 0.269 e. The number of ether oxygens (including phenoxy) is 1. The molecular formula is C18H20F2N4O2. The number of carbonyl (C=O) groups is 1. The van der Waals surface area contributed by atoms with Crippen LogP contribution in [0.4, 0.5) is 20.2 Å². The lowest BCUT2D eigenvalue weighted by molar-refractivity contribution is 0.0383. The molecule has 1 saturated heterocycles. The van der Waals surface area contributed by atoms with E-state index in [2.05, 4.69) is 20.5 Å². The van der Waals surface area contributed by atoms with Crippen LogP contribution in [-0.2, 0) is 4.74 Å². The highest BCUT2D eigenvalue weighted by Gasteiger charge is 2.12. The summed E-state index contributed by atoms with van der Waals surface area (Å²) in [6, 6.07) is 6.67. The molecule has 26 heavy (non-hydrogen) atoms. The summed E-state index contributed by atoms with van der Waals surface area (Å²) in [5, 5.41) is 5.44. The molecule has 8 heteroatoms. The summed E-state index contributed by atoms with van der Waals surface area (Å²) in [5.74, 6) is -1.69. The molecule has 2 heterocycles. The summed E-state index contributed by atoms with van der Waals surface area (Å²) in [7, 11) is 0. The van der Waals surface area contributed by atoms with E-state index in [-0.39, 0.29) is 17.3 Å². The summed E-state index contributed by atoms with van der Waals surface area (Å²) in [4.78, 5) is 18.4. The monoisotopic (exact) mass is 362 g/mol. The van der Waals surface area contributed by atoms with Crippen LogP contribution in [-0.4, -0.2) is 55.2 Å². The summed E-state index contributed by atoms with van der Waals surface area (Å²) >= 11 is 0. The van der Waals surface area contributed by atoms with Gasteiger partial charge in [-0.05, 0) is 24.3 Å². The molecule has 0 atom stereocenters. The Bertz CT molecular complexity index is 729. The SMILES string of the molecule is O=C(NCCN1CCOCC1)c1ccc(Nc2c(F)cccc2F)cn1. The van der Waals surface area contributed by atoms with Crippen molar-refractivity contribution in [2.45, 2.75) is 0 Å². The van der Waals surface area contributed by atoms with Gasteiger partial charge in [-0.15, -0.1) is 0 Å². The molecule has 1 aromatic heterocycles. The Morgan fingerprint density at radius 3 is 2.54 bits per heavy atom. The van der Waals surface area contributed by atoms with Crippen LogP contribution in [0.5, 0.6) is 0 Å². The first-order chi connectivity index (χ1) is 12.6. The van der Waals surface area contributed by atoms with Crippen molar-refractivity contribution < 1.29 is 18.3 Å². The lowest BCUT2D eigenvalue weighted by Crippen LogP contribution is -2.41. The van der Waals surface area contributed by atoms with Crippen molar-refractivity contribution in [3.8, 4) is 0 Å². The van der Waals surface area contributed by atoms with Crippen LogP contribution in [0.15, 0.2) is 36.5 Å². The van der Waals surface area contributed by atoms with E-state index in [1.54, 1.807) is 6.07 Å². The van der Waals surface area contributed by atoms with E-state index < -0.39 is 11.6 Å². The number of rotatable bonds is 6. The maximum atomic E-state index is 13.6. The van der Waals surface area contributed by atoms with Crippen LogP contribution < -0.4 is 10.6 Å². The van der Waals surface area contributed by atoms with E-state index >= 15 is 0 Å². The Labute approximate surface area is 150 Å². The third-order valence-corrected chi connectivity index (χ3v) is 4.05. The highest BCUT2D eigenvalue weighted by molar-refractivity contribution is 5.92. The molecule has 0 bridgehead atoms. The molecule has 3 rings (SSSR count). The second kappa shape index (κ2) is 8.68. The molecule has 0 spiro atoms. The second-order valence-corrected chi connectivity index (χ2v) is 5.86. The van der Waals surface area contributed by atoms with Crippen molar-refractivity contribution in [2.75, 3.05) is 44.7 Å². The molecule has 0 unspecified atom stereocenters. The van der Waals surface area contributed by atoms with Gasteiger partial charge < -0.3 is 15.4 Å². The van der Waals surface area contributed by atoms with Gasteiger partial charge in [-0.3, -0.25) is 9.69 Å². The van der Waals surface area contributed by atoms with Crippen molar-refractivity contribution in [3.05, 3.63) is 53.9 Å². The normalized spacial score (nSPS) is 14.8. The quantitative estimate of drug-likeness (QED) is 0.824. The lowest BCUT2D eigenvalue weighted by atomic mass is 10.2. The van der Waals surface area contributed by atoms with E-state index in [9.17, 15) is 13.6 Å². The number of aromatic nitrogens is 1. The molecule has 1 fully saturated rings. The van der Waals surface area contributed by atoms with E-state index in [0.29, 0.717) is 25.4 Å². The second-order valence-electron chi connectivity index (χ2n) is 5.86. The van der Waals surface area contributed by atoms with Crippen LogP contribution in [0.25, 0.3) is 0 Å². The standard InChI is InChI=1S/C18H20F2N4O2/c19-14-2-1-3-15(20)17(14)23-13-4-5-16(22-12-13)18(25)21-6-7-24-8-10-26-11-9-24/h1-5,12,23H,6-11H2,(H,21,25). The van der Waals surface area contributed by atoms with Crippen LogP contribution in [0.1, 0.15) is 10.5 Å². The fourth-order valence-electron chi connectivity index (χ4n) is 2.61. The van der Waals surface area contributed by atoms with E-state index in [1.165, 1.54) is 18.3 Å². The van der Waals surface area contributed by atoms with E-state index in [0.717, 1.165) is 31.8 Å². The predicted molar refractivity (Wildman–Crippen MR) is 93.5 cm³/mol. The highest BCUT2D eigenvalue weighted by Crippen LogP contribution is 2.22. The fraction of sp³-hybridized carbons (Fsp3) is 0.333. The number of nitrogens with zero attached hydrogens (tertiary/aromatic N) is 2. The topological polar surface area (TPSA) is 66.5 Å². The summed E-state index contributed by atoms with van der Waals surface area (Å²) < 4.78 is 32.5. The number of para-hydroxylation sites is 1. The van der Waals surface area contributed by atoms with Gasteiger partial charge in [0.05, 0.1) is 25.1 Å². The van der Waals surface area contributed by atoms with Crippen LogP contribution >= 0.6 is 0 Å². The Morgan fingerprint density at radius 2 is 1.88 bits per heavy atom. The number of morpholine rings is 1. The van der Waals surface area contributed by atoms with Crippen LogP contribution in [0, 0.1) is 11.6 Å². The van der Waals surface area contributed by atoms with Gasteiger partial charge in [0, 0.05) is 26.2 Å². The average molecular weight is 362 g/mol. The van der Waals surface area contributed by atoms with Crippen LogP contribution in [0.2, 0.25) is 0 Å². The number of carbonyl (C=O) groups excluding carboxylic acids is 1. The number of pyridine rings is 1. The largest absolute Gasteiger partial charge is 0.379 e. The number of benzene rings is 1. The molecule has 0 saturated carbocycles. The Hall–Kier alpha value is -2.58. The molecular weight excluding hydrogens is 342 g/mol. The van der Waals surface area contributed by atoms with Crippen molar-refractivity contribution in [2.24, 2.45) is 0 Å². The third-order valence-electron chi connectivity index (χ3n) is 4.05. The first-order valence-corrected chi connectivity index (χ1v) is 8.39. The number of nitrogens with one attached hydrogen (secondary N) is 2. The number of hydrogen-bond acceptors (Lipinski definition) is 5. The third kappa shape index (κ3) is 4.74. The van der Waals surface area contributed by atoms with E-state index in [4.69, 9.17) is 4.74 Å². The minimum atomic E-state index is -0.699. The lowest BCUT2D eigenvalue weighted by Gasteiger charge is -2.26. The minimum Gasteiger partial charge on any atom is -0.379 e. The van der Waals surface area contributed by atoms with E-state index in [1.807, 2.05) is 0 Å². The molecule has 6 nitrogen and oxygen atoms in total. The zero-order valence-electron chi connectivity index (χ0n) is 14.2. The van der Waals surface area contributed by atoms with Gasteiger partial charge in [-0.2, -0.15) is 0 Å². The summed E-state index contributed by atoms with van der Waals surface area (Å²) in [6.45, 7) is 4.42. The van der Waals surface area contributed by atoms with Gasteiger partial charge in [0.15, 0.2) is 0 Å². The Morgan fingerprint density at radius 1 is 1.15 bits per heavy atom. The number of hydrogen-bond donors (Lipinski definition) is 2. The highest BCUT2D eigenvalue weighted by atomic mass is 19.1. The Balaban J connectivity index is 1.52. The molecule has 1 aliphatic rings. The molecule has 1 aromatic carbocycles. The number of anilines is 2. The maximum Gasteiger partial charge on any atom is 0.269 e. The zero-order chi connectivity index (χ0) is 18.4. The van der Waals surface area contributed by atoms with Gasteiger partial charge >= 0.3 is 0 Å².